The van der Waals surface area contributed by atoms with Gasteiger partial charge in [0.2, 0.25) is 0 Å². The molecule has 0 radical (unpaired) electrons. The van der Waals surface area contributed by atoms with Crippen LogP contribution in [0.2, 0.25) is 0 Å². The number of rotatable bonds is 3. The van der Waals surface area contributed by atoms with Crippen LogP contribution in [-0.4, -0.2) is 6.26 Å². The van der Waals surface area contributed by atoms with Crippen molar-refractivity contribution in [3.05, 3.63) is 29.8 Å². The van der Waals surface area contributed by atoms with E-state index < -0.39 is 0 Å². The molecule has 0 fully saturated rings. The van der Waals surface area contributed by atoms with E-state index in [1.165, 1.54) is 5.56 Å². The fourth-order valence-corrected chi connectivity index (χ4v) is 1.36. The second-order valence-electron chi connectivity index (χ2n) is 2.19. The Hall–Kier alpha value is -0.670. The zero-order valence-corrected chi connectivity index (χ0v) is 7.23. The third-order valence-corrected chi connectivity index (χ3v) is 1.99. The molecule has 0 aliphatic heterocycles. The van der Waals surface area contributed by atoms with Gasteiger partial charge >= 0.3 is 0 Å². The van der Waals surface area contributed by atoms with Crippen molar-refractivity contribution in [3.8, 4) is 5.75 Å². The fraction of sp³-hybridized carbons (Fsp3) is 0.250. The van der Waals surface area contributed by atoms with E-state index in [2.05, 4.69) is 11.1 Å². The first kappa shape index (κ1) is 8.43. The summed E-state index contributed by atoms with van der Waals surface area (Å²) in [6, 6.07) is 7.76. The molecule has 2 N–H and O–H groups in total. The molecule has 2 nitrogen and oxygen atoms in total. The molecule has 0 saturated carbocycles. The van der Waals surface area contributed by atoms with Crippen LogP contribution < -0.4 is 10.7 Å². The van der Waals surface area contributed by atoms with Crippen LogP contribution in [0.3, 0.4) is 0 Å². The smallest absolute Gasteiger partial charge is 0.146 e. The summed E-state index contributed by atoms with van der Waals surface area (Å²) in [5, 5.41) is 0. The predicted octanol–water partition coefficient (Wildman–Crippen LogP) is 1.80. The van der Waals surface area contributed by atoms with Gasteiger partial charge in [0.1, 0.15) is 5.75 Å². The normalized spacial score (nSPS) is 9.64. The van der Waals surface area contributed by atoms with Gasteiger partial charge in [-0.05, 0) is 24.0 Å². The van der Waals surface area contributed by atoms with Gasteiger partial charge in [0.25, 0.3) is 0 Å². The number of benzene rings is 1. The molecule has 0 atom stereocenters. The molecule has 1 rings (SSSR count). The Morgan fingerprint density at radius 2 is 2.00 bits per heavy atom. The molecule has 0 unspecified atom stereocenters. The maximum atomic E-state index is 4.97. The second-order valence-corrected chi connectivity index (χ2v) is 3.06. The lowest BCUT2D eigenvalue weighted by Crippen LogP contribution is -2.01. The minimum absolute atomic E-state index is 0.704. The van der Waals surface area contributed by atoms with Gasteiger partial charge in [-0.1, -0.05) is 12.1 Å². The SMILES string of the molecule is CSCc1ccc(ON)cc1. The molecule has 0 aromatic heterocycles. The largest absolute Gasteiger partial charge is 0.412 e. The molecular weight excluding hydrogens is 158 g/mol. The summed E-state index contributed by atoms with van der Waals surface area (Å²) in [6.07, 6.45) is 2.08. The van der Waals surface area contributed by atoms with Gasteiger partial charge < -0.3 is 4.84 Å². The molecule has 0 bridgehead atoms. The molecule has 3 heteroatoms. The van der Waals surface area contributed by atoms with Crippen molar-refractivity contribution in [2.45, 2.75) is 5.75 Å². The van der Waals surface area contributed by atoms with Crippen LogP contribution in [-0.2, 0) is 5.75 Å². The molecule has 60 valence electrons. The Balaban J connectivity index is 2.66. The van der Waals surface area contributed by atoms with Gasteiger partial charge in [0, 0.05) is 5.75 Å². The number of hydrogen-bond acceptors (Lipinski definition) is 3. The summed E-state index contributed by atoms with van der Waals surface area (Å²) in [7, 11) is 0. The highest BCUT2D eigenvalue weighted by atomic mass is 32.2. The summed E-state index contributed by atoms with van der Waals surface area (Å²) in [5.41, 5.74) is 1.29. The standard InChI is InChI=1S/C8H11NOS/c1-11-6-7-2-4-8(10-9)5-3-7/h2-5H,6,9H2,1H3. The van der Waals surface area contributed by atoms with Crippen molar-refractivity contribution in [1.82, 2.24) is 0 Å². The van der Waals surface area contributed by atoms with Gasteiger partial charge in [-0.15, -0.1) is 0 Å². The Bertz CT molecular complexity index is 210. The highest BCUT2D eigenvalue weighted by Crippen LogP contribution is 2.13. The maximum Gasteiger partial charge on any atom is 0.146 e. The summed E-state index contributed by atoms with van der Waals surface area (Å²) in [6.45, 7) is 0. The zero-order chi connectivity index (χ0) is 8.10. The first-order valence-corrected chi connectivity index (χ1v) is 4.71. The topological polar surface area (TPSA) is 35.2 Å². The number of thioether (sulfide) groups is 1. The maximum absolute atomic E-state index is 4.97. The van der Waals surface area contributed by atoms with Crippen LogP contribution in [0.1, 0.15) is 5.56 Å². The van der Waals surface area contributed by atoms with Crippen molar-refractivity contribution in [2.75, 3.05) is 6.26 Å². The third-order valence-electron chi connectivity index (χ3n) is 1.37. The summed E-state index contributed by atoms with van der Waals surface area (Å²) in [4.78, 5) is 4.54. The van der Waals surface area contributed by atoms with E-state index in [1.807, 2.05) is 24.3 Å². The molecule has 0 aliphatic carbocycles. The van der Waals surface area contributed by atoms with Gasteiger partial charge in [-0.3, -0.25) is 0 Å². The van der Waals surface area contributed by atoms with Crippen LogP contribution in [0.25, 0.3) is 0 Å². The minimum Gasteiger partial charge on any atom is -0.412 e. The lowest BCUT2D eigenvalue weighted by molar-refractivity contribution is 0.334. The number of nitrogens with two attached hydrogens (primary N) is 1. The Morgan fingerprint density at radius 1 is 1.36 bits per heavy atom. The molecule has 11 heavy (non-hydrogen) atoms. The first-order chi connectivity index (χ1) is 5.36. The molecule has 0 amide bonds. The average molecular weight is 169 g/mol. The van der Waals surface area contributed by atoms with E-state index in [0.717, 1.165) is 5.75 Å². The Labute approximate surface area is 70.7 Å². The Kier molecular flexibility index (Phi) is 3.26. The molecule has 0 aliphatic rings. The summed E-state index contributed by atoms with van der Waals surface area (Å²) < 4.78 is 0. The highest BCUT2D eigenvalue weighted by Gasteiger charge is 1.92. The van der Waals surface area contributed by atoms with E-state index in [-0.39, 0.29) is 0 Å². The third kappa shape index (κ3) is 2.44. The van der Waals surface area contributed by atoms with Crippen LogP contribution in [0.15, 0.2) is 24.3 Å². The molecule has 1 aromatic carbocycles. The van der Waals surface area contributed by atoms with Crippen molar-refractivity contribution >= 4 is 11.8 Å². The monoisotopic (exact) mass is 169 g/mol. The van der Waals surface area contributed by atoms with Gasteiger partial charge in [0.05, 0.1) is 0 Å². The predicted molar refractivity (Wildman–Crippen MR) is 48.5 cm³/mol. The minimum atomic E-state index is 0.704. The van der Waals surface area contributed by atoms with Gasteiger partial charge in [-0.25, -0.2) is 0 Å². The molecule has 0 heterocycles. The summed E-state index contributed by atoms with van der Waals surface area (Å²) in [5.74, 6) is 6.70. The van der Waals surface area contributed by atoms with E-state index in [4.69, 9.17) is 5.90 Å². The molecule has 0 spiro atoms. The fourth-order valence-electron chi connectivity index (χ4n) is 0.831. The second kappa shape index (κ2) is 4.26. The quantitative estimate of drug-likeness (QED) is 0.701. The van der Waals surface area contributed by atoms with Gasteiger partial charge in [0.15, 0.2) is 0 Å². The number of hydrogen-bond donors (Lipinski definition) is 1. The van der Waals surface area contributed by atoms with Crippen LogP contribution >= 0.6 is 11.8 Å². The van der Waals surface area contributed by atoms with Crippen molar-refractivity contribution < 1.29 is 4.84 Å². The molecule has 1 aromatic rings. The molecule has 0 saturated heterocycles. The highest BCUT2D eigenvalue weighted by molar-refractivity contribution is 7.97. The van der Waals surface area contributed by atoms with Crippen LogP contribution in [0.4, 0.5) is 0 Å². The zero-order valence-electron chi connectivity index (χ0n) is 6.41. The van der Waals surface area contributed by atoms with Gasteiger partial charge in [-0.2, -0.15) is 17.7 Å². The van der Waals surface area contributed by atoms with E-state index in [9.17, 15) is 0 Å². The molecular formula is C8H11NOS. The van der Waals surface area contributed by atoms with Crippen molar-refractivity contribution in [2.24, 2.45) is 5.90 Å². The lowest BCUT2D eigenvalue weighted by atomic mass is 10.2. The van der Waals surface area contributed by atoms with Crippen molar-refractivity contribution in [1.29, 1.82) is 0 Å². The first-order valence-electron chi connectivity index (χ1n) is 3.31. The Morgan fingerprint density at radius 3 is 2.45 bits per heavy atom. The van der Waals surface area contributed by atoms with E-state index in [0.29, 0.717) is 5.75 Å². The average Bonchev–Trinajstić information content (AvgIpc) is 2.07. The van der Waals surface area contributed by atoms with Crippen LogP contribution in [0.5, 0.6) is 5.75 Å². The van der Waals surface area contributed by atoms with E-state index >= 15 is 0 Å². The van der Waals surface area contributed by atoms with Crippen molar-refractivity contribution in [3.63, 3.8) is 0 Å². The van der Waals surface area contributed by atoms with Crippen LogP contribution in [0, 0.1) is 0 Å². The van der Waals surface area contributed by atoms with E-state index in [1.54, 1.807) is 11.8 Å². The summed E-state index contributed by atoms with van der Waals surface area (Å²) >= 11 is 1.80. The lowest BCUT2D eigenvalue weighted by Gasteiger charge is -1.99.